The first-order valence-corrected chi connectivity index (χ1v) is 8.84. The van der Waals surface area contributed by atoms with Gasteiger partial charge in [0.25, 0.3) is 0 Å². The zero-order valence-corrected chi connectivity index (χ0v) is 15.5. The number of nitrogens with one attached hydrogen (secondary N) is 1. The lowest BCUT2D eigenvalue weighted by molar-refractivity contribution is 0.387. The second-order valence-corrected chi connectivity index (χ2v) is 7.48. The summed E-state index contributed by atoms with van der Waals surface area (Å²) >= 11 is 4.12. The second kappa shape index (κ2) is 8.00. The van der Waals surface area contributed by atoms with E-state index >= 15 is 0 Å². The molecule has 2 rings (SSSR count). The standard InChI is InChI=1S/C16H20INO2S/c1-4-7-18-16(11-8-15(17)21-10-11)13-6-5-12(19-2)9-14(13)20-3/h5-6,8-10,16,18H,4,7H2,1-3H3. The van der Waals surface area contributed by atoms with Gasteiger partial charge in [-0.25, -0.2) is 0 Å². The van der Waals surface area contributed by atoms with E-state index in [0.717, 1.165) is 30.0 Å². The topological polar surface area (TPSA) is 30.5 Å². The summed E-state index contributed by atoms with van der Waals surface area (Å²) in [5.41, 5.74) is 2.42. The Morgan fingerprint density at radius 2 is 2.05 bits per heavy atom. The minimum atomic E-state index is 0.144. The van der Waals surface area contributed by atoms with Gasteiger partial charge in [0.2, 0.25) is 0 Å². The second-order valence-electron chi connectivity index (χ2n) is 4.68. The summed E-state index contributed by atoms with van der Waals surface area (Å²) in [6.45, 7) is 3.14. The molecule has 2 aromatic rings. The van der Waals surface area contributed by atoms with Gasteiger partial charge in [-0.1, -0.05) is 6.92 Å². The van der Waals surface area contributed by atoms with Gasteiger partial charge in [0.1, 0.15) is 11.5 Å². The van der Waals surface area contributed by atoms with Crippen molar-refractivity contribution in [3.05, 3.63) is 43.7 Å². The molecule has 0 fully saturated rings. The highest BCUT2D eigenvalue weighted by Gasteiger charge is 2.19. The summed E-state index contributed by atoms with van der Waals surface area (Å²) in [6.07, 6.45) is 1.09. The fourth-order valence-electron chi connectivity index (χ4n) is 2.23. The third-order valence-corrected chi connectivity index (χ3v) is 5.08. The number of hydrogen-bond acceptors (Lipinski definition) is 4. The summed E-state index contributed by atoms with van der Waals surface area (Å²) < 4.78 is 12.1. The smallest absolute Gasteiger partial charge is 0.127 e. The molecule has 1 N–H and O–H groups in total. The molecule has 3 nitrogen and oxygen atoms in total. The SMILES string of the molecule is CCCNC(c1csc(I)c1)c1ccc(OC)cc1OC. The molecule has 1 heterocycles. The van der Waals surface area contributed by atoms with E-state index in [1.165, 1.54) is 8.45 Å². The molecule has 0 aliphatic carbocycles. The minimum absolute atomic E-state index is 0.144. The number of rotatable bonds is 7. The molecule has 1 aromatic heterocycles. The zero-order valence-electron chi connectivity index (χ0n) is 12.5. The Hall–Kier alpha value is -0.790. The molecular weight excluding hydrogens is 397 g/mol. The number of benzene rings is 1. The van der Waals surface area contributed by atoms with E-state index in [-0.39, 0.29) is 6.04 Å². The fourth-order valence-corrected chi connectivity index (χ4v) is 3.63. The lowest BCUT2D eigenvalue weighted by atomic mass is 10.00. The molecule has 1 atom stereocenters. The molecule has 0 bridgehead atoms. The molecule has 1 aromatic carbocycles. The summed E-state index contributed by atoms with van der Waals surface area (Å²) in [6, 6.07) is 8.37. The van der Waals surface area contributed by atoms with Crippen molar-refractivity contribution in [3.8, 4) is 11.5 Å². The van der Waals surface area contributed by atoms with Crippen LogP contribution in [0.1, 0.15) is 30.5 Å². The molecule has 5 heteroatoms. The molecule has 0 spiro atoms. The largest absolute Gasteiger partial charge is 0.497 e. The average molecular weight is 417 g/mol. The van der Waals surface area contributed by atoms with Gasteiger partial charge >= 0.3 is 0 Å². The van der Waals surface area contributed by atoms with Gasteiger partial charge in [0.15, 0.2) is 0 Å². The van der Waals surface area contributed by atoms with Gasteiger partial charge in [-0.05, 0) is 64.7 Å². The van der Waals surface area contributed by atoms with Crippen molar-refractivity contribution in [1.29, 1.82) is 0 Å². The van der Waals surface area contributed by atoms with E-state index < -0.39 is 0 Å². The lowest BCUT2D eigenvalue weighted by Gasteiger charge is -2.21. The van der Waals surface area contributed by atoms with Crippen LogP contribution in [0.25, 0.3) is 0 Å². The zero-order chi connectivity index (χ0) is 15.2. The van der Waals surface area contributed by atoms with Crippen molar-refractivity contribution >= 4 is 33.9 Å². The number of thiophene rings is 1. The van der Waals surface area contributed by atoms with Gasteiger partial charge < -0.3 is 14.8 Å². The molecule has 21 heavy (non-hydrogen) atoms. The maximum atomic E-state index is 5.56. The van der Waals surface area contributed by atoms with Crippen molar-refractivity contribution < 1.29 is 9.47 Å². The summed E-state index contributed by atoms with van der Waals surface area (Å²) in [5.74, 6) is 1.66. The Morgan fingerprint density at radius 3 is 2.62 bits per heavy atom. The highest BCUT2D eigenvalue weighted by atomic mass is 127. The summed E-state index contributed by atoms with van der Waals surface area (Å²) in [5, 5.41) is 5.82. The van der Waals surface area contributed by atoms with Crippen LogP contribution in [0.3, 0.4) is 0 Å². The predicted molar refractivity (Wildman–Crippen MR) is 96.7 cm³/mol. The number of hydrogen-bond donors (Lipinski definition) is 1. The lowest BCUT2D eigenvalue weighted by Crippen LogP contribution is -2.23. The van der Waals surface area contributed by atoms with Gasteiger partial charge in [-0.3, -0.25) is 0 Å². The number of ether oxygens (including phenoxy) is 2. The van der Waals surface area contributed by atoms with Gasteiger partial charge in [-0.2, -0.15) is 0 Å². The van der Waals surface area contributed by atoms with Crippen molar-refractivity contribution in [2.24, 2.45) is 0 Å². The van der Waals surface area contributed by atoms with Crippen LogP contribution in [0.5, 0.6) is 11.5 Å². The van der Waals surface area contributed by atoms with E-state index in [4.69, 9.17) is 9.47 Å². The predicted octanol–water partition coefficient (Wildman–Crippen LogP) is 4.46. The molecule has 0 radical (unpaired) electrons. The maximum absolute atomic E-state index is 5.56. The Bertz CT molecular complexity index is 585. The van der Waals surface area contributed by atoms with Crippen LogP contribution >= 0.6 is 33.9 Å². The molecule has 0 aliphatic heterocycles. The Labute approximate surface area is 143 Å². The van der Waals surface area contributed by atoms with E-state index in [1.807, 2.05) is 12.1 Å². The summed E-state index contributed by atoms with van der Waals surface area (Å²) in [7, 11) is 3.37. The average Bonchev–Trinajstić information content (AvgIpc) is 2.94. The highest BCUT2D eigenvalue weighted by Crippen LogP contribution is 2.34. The van der Waals surface area contributed by atoms with Crippen LogP contribution in [-0.2, 0) is 0 Å². The Morgan fingerprint density at radius 1 is 1.24 bits per heavy atom. The number of methoxy groups -OCH3 is 2. The maximum Gasteiger partial charge on any atom is 0.127 e. The van der Waals surface area contributed by atoms with Crippen LogP contribution in [-0.4, -0.2) is 20.8 Å². The Kier molecular flexibility index (Phi) is 6.32. The van der Waals surface area contributed by atoms with Crippen LogP contribution in [0, 0.1) is 2.88 Å². The Balaban J connectivity index is 2.40. The normalized spacial score (nSPS) is 12.2. The van der Waals surface area contributed by atoms with Crippen molar-refractivity contribution in [3.63, 3.8) is 0 Å². The minimum Gasteiger partial charge on any atom is -0.497 e. The molecule has 0 aliphatic rings. The monoisotopic (exact) mass is 417 g/mol. The van der Waals surface area contributed by atoms with Crippen LogP contribution < -0.4 is 14.8 Å². The van der Waals surface area contributed by atoms with Crippen molar-refractivity contribution in [2.75, 3.05) is 20.8 Å². The van der Waals surface area contributed by atoms with Gasteiger partial charge in [0.05, 0.1) is 23.1 Å². The summed E-state index contributed by atoms with van der Waals surface area (Å²) in [4.78, 5) is 0. The first-order valence-electron chi connectivity index (χ1n) is 6.88. The van der Waals surface area contributed by atoms with E-state index in [0.29, 0.717) is 0 Å². The number of halogens is 1. The van der Waals surface area contributed by atoms with E-state index in [1.54, 1.807) is 25.6 Å². The molecule has 114 valence electrons. The molecule has 1 unspecified atom stereocenters. The van der Waals surface area contributed by atoms with Crippen molar-refractivity contribution in [2.45, 2.75) is 19.4 Å². The van der Waals surface area contributed by atoms with Crippen LogP contribution in [0.4, 0.5) is 0 Å². The van der Waals surface area contributed by atoms with Gasteiger partial charge in [-0.15, -0.1) is 11.3 Å². The molecule has 0 saturated carbocycles. The third-order valence-electron chi connectivity index (χ3n) is 3.27. The third kappa shape index (κ3) is 4.11. The quantitative estimate of drug-likeness (QED) is 0.675. The highest BCUT2D eigenvalue weighted by molar-refractivity contribution is 14.1. The van der Waals surface area contributed by atoms with E-state index in [9.17, 15) is 0 Å². The molecular formula is C16H20INO2S. The molecule has 0 amide bonds. The first kappa shape index (κ1) is 16.6. The molecule has 0 saturated heterocycles. The van der Waals surface area contributed by atoms with Gasteiger partial charge in [0, 0.05) is 11.6 Å². The first-order chi connectivity index (χ1) is 10.2. The van der Waals surface area contributed by atoms with Crippen LogP contribution in [0.2, 0.25) is 0 Å². The fraction of sp³-hybridized carbons (Fsp3) is 0.375. The van der Waals surface area contributed by atoms with Crippen LogP contribution in [0.15, 0.2) is 29.6 Å². The van der Waals surface area contributed by atoms with E-state index in [2.05, 4.69) is 52.3 Å². The van der Waals surface area contributed by atoms with Crippen molar-refractivity contribution in [1.82, 2.24) is 5.32 Å².